The smallest absolute Gasteiger partial charge is 0.317 e. The molecule has 6 nitrogen and oxygen atoms in total. The van der Waals surface area contributed by atoms with Crippen LogP contribution in [-0.2, 0) is 4.79 Å². The Morgan fingerprint density at radius 1 is 1.33 bits per heavy atom. The summed E-state index contributed by atoms with van der Waals surface area (Å²) in [4.78, 5) is 26.1. The lowest BCUT2D eigenvalue weighted by atomic mass is 10.1. The Morgan fingerprint density at radius 3 is 2.94 bits per heavy atom. The van der Waals surface area contributed by atoms with Crippen LogP contribution in [0.2, 0.25) is 0 Å². The Balaban J connectivity index is 1.61. The fraction of sp³-hybridized carbons (Fsp3) is 0.833. The van der Waals surface area contributed by atoms with Crippen molar-refractivity contribution in [2.75, 3.05) is 32.7 Å². The quantitative estimate of drug-likeness (QED) is 0.671. The van der Waals surface area contributed by atoms with E-state index in [1.807, 2.05) is 4.90 Å². The SMILES string of the molecule is O=C(O)CCCCCN1CCN2C(=O)NCC2C1. The van der Waals surface area contributed by atoms with Crippen LogP contribution in [0.4, 0.5) is 4.79 Å². The van der Waals surface area contributed by atoms with Crippen LogP contribution in [0, 0.1) is 0 Å². The predicted octanol–water partition coefficient (Wildman–Crippen LogP) is 0.341. The van der Waals surface area contributed by atoms with Gasteiger partial charge in [-0.15, -0.1) is 0 Å². The van der Waals surface area contributed by atoms with E-state index in [1.165, 1.54) is 0 Å². The highest BCUT2D eigenvalue weighted by Gasteiger charge is 2.34. The van der Waals surface area contributed by atoms with Crippen molar-refractivity contribution in [2.24, 2.45) is 0 Å². The number of nitrogens with zero attached hydrogens (tertiary/aromatic N) is 2. The van der Waals surface area contributed by atoms with Crippen LogP contribution in [0.15, 0.2) is 0 Å². The van der Waals surface area contributed by atoms with Crippen LogP contribution >= 0.6 is 0 Å². The van der Waals surface area contributed by atoms with Crippen LogP contribution in [0.1, 0.15) is 25.7 Å². The van der Waals surface area contributed by atoms with Crippen LogP contribution in [0.5, 0.6) is 0 Å². The van der Waals surface area contributed by atoms with Gasteiger partial charge >= 0.3 is 12.0 Å². The van der Waals surface area contributed by atoms with E-state index in [2.05, 4.69) is 10.2 Å². The van der Waals surface area contributed by atoms with E-state index < -0.39 is 5.97 Å². The highest BCUT2D eigenvalue weighted by atomic mass is 16.4. The molecule has 102 valence electrons. The second kappa shape index (κ2) is 6.04. The number of urea groups is 1. The maximum absolute atomic E-state index is 11.4. The predicted molar refractivity (Wildman–Crippen MR) is 66.4 cm³/mol. The molecule has 2 aliphatic heterocycles. The number of rotatable bonds is 6. The number of unbranched alkanes of at least 4 members (excludes halogenated alkanes) is 2. The van der Waals surface area contributed by atoms with Gasteiger partial charge in [0, 0.05) is 32.6 Å². The van der Waals surface area contributed by atoms with E-state index in [9.17, 15) is 9.59 Å². The Kier molecular flexibility index (Phi) is 4.41. The summed E-state index contributed by atoms with van der Waals surface area (Å²) in [5, 5.41) is 11.4. The maximum atomic E-state index is 11.4. The number of piperazine rings is 1. The van der Waals surface area contributed by atoms with Crippen molar-refractivity contribution in [2.45, 2.75) is 31.7 Å². The van der Waals surface area contributed by atoms with Gasteiger partial charge in [-0.2, -0.15) is 0 Å². The zero-order chi connectivity index (χ0) is 13.0. The van der Waals surface area contributed by atoms with Crippen LogP contribution < -0.4 is 5.32 Å². The topological polar surface area (TPSA) is 72.9 Å². The van der Waals surface area contributed by atoms with E-state index in [0.29, 0.717) is 6.04 Å². The molecule has 0 aromatic heterocycles. The molecule has 0 aliphatic carbocycles. The molecule has 2 amide bonds. The number of carbonyl (C=O) groups is 2. The molecule has 6 heteroatoms. The fourth-order valence-corrected chi connectivity index (χ4v) is 2.66. The average Bonchev–Trinajstić information content (AvgIpc) is 2.70. The van der Waals surface area contributed by atoms with Gasteiger partial charge in [0.1, 0.15) is 0 Å². The minimum absolute atomic E-state index is 0.0705. The van der Waals surface area contributed by atoms with Gasteiger partial charge in [-0.25, -0.2) is 4.79 Å². The van der Waals surface area contributed by atoms with Crippen molar-refractivity contribution in [3.8, 4) is 0 Å². The largest absolute Gasteiger partial charge is 0.481 e. The summed E-state index contributed by atoms with van der Waals surface area (Å²) in [5.74, 6) is -0.709. The van der Waals surface area contributed by atoms with Gasteiger partial charge in [-0.3, -0.25) is 9.69 Å². The lowest BCUT2D eigenvalue weighted by molar-refractivity contribution is -0.137. The number of hydrogen-bond acceptors (Lipinski definition) is 3. The van der Waals surface area contributed by atoms with Crippen molar-refractivity contribution < 1.29 is 14.7 Å². The molecule has 2 aliphatic rings. The summed E-state index contributed by atoms with van der Waals surface area (Å²) < 4.78 is 0. The standard InChI is InChI=1S/C12H21N3O3/c16-11(17)4-2-1-3-5-14-6-7-15-10(9-14)8-13-12(15)18/h10H,1-9H2,(H,13,18)(H,16,17). The first kappa shape index (κ1) is 13.1. The van der Waals surface area contributed by atoms with Gasteiger partial charge in [0.2, 0.25) is 0 Å². The Hall–Kier alpha value is -1.30. The summed E-state index contributed by atoms with van der Waals surface area (Å²) in [6, 6.07) is 0.395. The van der Waals surface area contributed by atoms with Crippen molar-refractivity contribution >= 4 is 12.0 Å². The second-order valence-electron chi connectivity index (χ2n) is 5.04. The molecule has 2 rings (SSSR count). The molecule has 1 atom stereocenters. The fourth-order valence-electron chi connectivity index (χ4n) is 2.66. The minimum atomic E-state index is -0.709. The number of hydrogen-bond donors (Lipinski definition) is 2. The van der Waals surface area contributed by atoms with Crippen molar-refractivity contribution in [1.29, 1.82) is 0 Å². The molecule has 0 aromatic rings. The molecule has 2 heterocycles. The van der Waals surface area contributed by atoms with E-state index in [0.717, 1.165) is 52.0 Å². The highest BCUT2D eigenvalue weighted by Crippen LogP contribution is 2.14. The van der Waals surface area contributed by atoms with E-state index in [1.54, 1.807) is 0 Å². The molecule has 0 bridgehead atoms. The second-order valence-corrected chi connectivity index (χ2v) is 5.04. The third-order valence-corrected chi connectivity index (χ3v) is 3.68. The first-order chi connectivity index (χ1) is 8.66. The first-order valence-electron chi connectivity index (χ1n) is 6.65. The summed E-state index contributed by atoms with van der Waals surface area (Å²) in [6.45, 7) is 4.46. The molecule has 2 fully saturated rings. The van der Waals surface area contributed by atoms with E-state index in [-0.39, 0.29) is 12.5 Å². The van der Waals surface area contributed by atoms with Crippen molar-refractivity contribution in [3.63, 3.8) is 0 Å². The molecular formula is C12H21N3O3. The molecule has 0 saturated carbocycles. The average molecular weight is 255 g/mol. The number of fused-ring (bicyclic) bond motifs is 1. The summed E-state index contributed by atoms with van der Waals surface area (Å²) >= 11 is 0. The molecule has 0 radical (unpaired) electrons. The van der Waals surface area contributed by atoms with Crippen molar-refractivity contribution in [1.82, 2.24) is 15.1 Å². The molecule has 2 N–H and O–H groups in total. The summed E-state index contributed by atoms with van der Waals surface area (Å²) in [7, 11) is 0. The van der Waals surface area contributed by atoms with Gasteiger partial charge in [0.05, 0.1) is 6.04 Å². The number of carbonyl (C=O) groups excluding carboxylic acids is 1. The van der Waals surface area contributed by atoms with Crippen LogP contribution in [-0.4, -0.2) is 65.7 Å². The lowest BCUT2D eigenvalue weighted by Crippen LogP contribution is -2.52. The lowest BCUT2D eigenvalue weighted by Gasteiger charge is -2.36. The molecule has 1 unspecified atom stereocenters. The molecule has 0 aromatic carbocycles. The summed E-state index contributed by atoms with van der Waals surface area (Å²) in [5.41, 5.74) is 0. The first-order valence-corrected chi connectivity index (χ1v) is 6.65. The number of carboxylic acids is 1. The van der Waals surface area contributed by atoms with Gasteiger partial charge in [-0.1, -0.05) is 6.42 Å². The number of amides is 2. The number of aliphatic carboxylic acids is 1. The van der Waals surface area contributed by atoms with Crippen molar-refractivity contribution in [3.05, 3.63) is 0 Å². The highest BCUT2D eigenvalue weighted by molar-refractivity contribution is 5.77. The summed E-state index contributed by atoms with van der Waals surface area (Å²) in [6.07, 6.45) is 3.04. The normalized spacial score (nSPS) is 23.9. The molecule has 2 saturated heterocycles. The van der Waals surface area contributed by atoms with Gasteiger partial charge in [0.15, 0.2) is 0 Å². The monoisotopic (exact) mass is 255 g/mol. The Labute approximate surface area is 107 Å². The number of carboxylic acid groups (broad SMARTS) is 1. The molecular weight excluding hydrogens is 234 g/mol. The third-order valence-electron chi connectivity index (χ3n) is 3.68. The molecule has 18 heavy (non-hydrogen) atoms. The maximum Gasteiger partial charge on any atom is 0.317 e. The van der Waals surface area contributed by atoms with E-state index in [4.69, 9.17) is 5.11 Å². The van der Waals surface area contributed by atoms with E-state index >= 15 is 0 Å². The third kappa shape index (κ3) is 3.35. The Morgan fingerprint density at radius 2 is 2.17 bits per heavy atom. The van der Waals surface area contributed by atoms with Gasteiger partial charge < -0.3 is 15.3 Å². The van der Waals surface area contributed by atoms with Gasteiger partial charge in [-0.05, 0) is 19.4 Å². The van der Waals surface area contributed by atoms with Crippen LogP contribution in [0.3, 0.4) is 0 Å². The molecule has 0 spiro atoms. The minimum Gasteiger partial charge on any atom is -0.481 e. The number of nitrogens with one attached hydrogen (secondary N) is 1. The van der Waals surface area contributed by atoms with Gasteiger partial charge in [0.25, 0.3) is 0 Å². The zero-order valence-corrected chi connectivity index (χ0v) is 10.6. The van der Waals surface area contributed by atoms with Crippen LogP contribution in [0.25, 0.3) is 0 Å². The Bertz CT molecular complexity index is 322. The zero-order valence-electron chi connectivity index (χ0n) is 10.6.